The zero-order valence-corrected chi connectivity index (χ0v) is 15.4. The van der Waals surface area contributed by atoms with E-state index >= 15 is 0 Å². The number of hydrogen-bond donors (Lipinski definition) is 2. The Kier molecular flexibility index (Phi) is 5.49. The predicted octanol–water partition coefficient (Wildman–Crippen LogP) is 3.65. The summed E-state index contributed by atoms with van der Waals surface area (Å²) in [7, 11) is 1.61. The lowest BCUT2D eigenvalue weighted by atomic mass is 10.1. The van der Waals surface area contributed by atoms with Crippen molar-refractivity contribution in [3.05, 3.63) is 65.3 Å². The van der Waals surface area contributed by atoms with E-state index in [1.54, 1.807) is 26.1 Å². The van der Waals surface area contributed by atoms with E-state index in [-0.39, 0.29) is 17.8 Å². The van der Waals surface area contributed by atoms with Gasteiger partial charge in [-0.2, -0.15) is 4.98 Å². The number of carbonyl (C=O) groups is 1. The minimum absolute atomic E-state index is 0.0324. The van der Waals surface area contributed by atoms with Crippen LogP contribution >= 0.6 is 0 Å². The number of amides is 1. The number of likely N-dealkylation sites (N-methyl/N-ethyl adjacent to an activating group) is 1. The van der Waals surface area contributed by atoms with Crippen LogP contribution in [0.1, 0.15) is 30.0 Å². The second kappa shape index (κ2) is 7.99. The Bertz CT molecular complexity index is 937. The first-order chi connectivity index (χ1) is 13.0. The molecule has 1 amide bonds. The van der Waals surface area contributed by atoms with Gasteiger partial charge in [-0.3, -0.25) is 4.79 Å². The Morgan fingerprint density at radius 3 is 2.63 bits per heavy atom. The van der Waals surface area contributed by atoms with Crippen molar-refractivity contribution in [2.75, 3.05) is 12.4 Å². The van der Waals surface area contributed by atoms with Crippen LogP contribution in [0, 0.1) is 12.7 Å². The molecule has 6 nitrogen and oxygen atoms in total. The minimum atomic E-state index is -0.304. The van der Waals surface area contributed by atoms with E-state index in [0.717, 1.165) is 11.3 Å². The third kappa shape index (κ3) is 4.49. The highest BCUT2D eigenvalue weighted by molar-refractivity contribution is 5.78. The van der Waals surface area contributed by atoms with Gasteiger partial charge in [-0.15, -0.1) is 0 Å². The lowest BCUT2D eigenvalue weighted by Gasteiger charge is -2.11. The molecule has 0 spiro atoms. The summed E-state index contributed by atoms with van der Waals surface area (Å²) in [6, 6.07) is 12.2. The highest BCUT2D eigenvalue weighted by Gasteiger charge is 2.16. The normalized spacial score (nSPS) is 11.9. The Labute approximate surface area is 156 Å². The first-order valence-electron chi connectivity index (χ1n) is 8.62. The molecule has 0 aliphatic carbocycles. The molecule has 0 aliphatic rings. The second-order valence-corrected chi connectivity index (χ2v) is 6.33. The molecule has 0 fully saturated rings. The van der Waals surface area contributed by atoms with Gasteiger partial charge in [-0.25, -0.2) is 4.39 Å². The van der Waals surface area contributed by atoms with E-state index in [9.17, 15) is 9.18 Å². The lowest BCUT2D eigenvalue weighted by Crippen LogP contribution is -2.19. The van der Waals surface area contributed by atoms with Crippen molar-refractivity contribution in [2.45, 2.75) is 26.3 Å². The van der Waals surface area contributed by atoms with E-state index in [0.29, 0.717) is 29.3 Å². The topological polar surface area (TPSA) is 80.0 Å². The lowest BCUT2D eigenvalue weighted by molar-refractivity contribution is -0.119. The average molecular weight is 368 g/mol. The maximum atomic E-state index is 13.7. The van der Waals surface area contributed by atoms with Crippen molar-refractivity contribution < 1.29 is 13.7 Å². The van der Waals surface area contributed by atoms with Crippen LogP contribution in [0.5, 0.6) is 0 Å². The number of carbonyl (C=O) groups excluding carboxylic acids is 1. The molecule has 0 saturated carbocycles. The fourth-order valence-electron chi connectivity index (χ4n) is 2.56. The van der Waals surface area contributed by atoms with Crippen LogP contribution in [0.3, 0.4) is 0 Å². The Morgan fingerprint density at radius 2 is 1.96 bits per heavy atom. The van der Waals surface area contributed by atoms with Crippen molar-refractivity contribution in [3.63, 3.8) is 0 Å². The summed E-state index contributed by atoms with van der Waals surface area (Å²) in [6.45, 7) is 3.60. The molecule has 7 heteroatoms. The van der Waals surface area contributed by atoms with Gasteiger partial charge in [0.25, 0.3) is 0 Å². The minimum Gasteiger partial charge on any atom is -0.374 e. The molecule has 1 heterocycles. The third-order valence-electron chi connectivity index (χ3n) is 4.22. The van der Waals surface area contributed by atoms with Crippen LogP contribution in [0.15, 0.2) is 47.0 Å². The number of rotatable bonds is 6. The summed E-state index contributed by atoms with van der Waals surface area (Å²) < 4.78 is 19.0. The fourth-order valence-corrected chi connectivity index (χ4v) is 2.56. The van der Waals surface area contributed by atoms with Crippen molar-refractivity contribution in [3.8, 4) is 11.4 Å². The zero-order chi connectivity index (χ0) is 19.4. The molecule has 140 valence electrons. The highest BCUT2D eigenvalue weighted by atomic mass is 19.1. The van der Waals surface area contributed by atoms with Gasteiger partial charge in [-0.1, -0.05) is 29.4 Å². The van der Waals surface area contributed by atoms with Crippen LogP contribution in [0.25, 0.3) is 11.4 Å². The number of halogens is 1. The van der Waals surface area contributed by atoms with Crippen molar-refractivity contribution in [2.24, 2.45) is 0 Å². The van der Waals surface area contributed by atoms with Crippen molar-refractivity contribution >= 4 is 11.6 Å². The quantitative estimate of drug-likeness (QED) is 0.694. The Hall–Kier alpha value is -3.22. The average Bonchev–Trinajstić information content (AvgIpc) is 3.16. The standard InChI is InChI=1S/C20H21FN4O2/c1-12-4-7-15(11-17(12)21)19-24-20(27-25-19)13(2)23-16-8-5-14(6-9-16)10-18(26)22-3/h4-9,11,13,23H,10H2,1-3H3,(H,22,26). The van der Waals surface area contributed by atoms with Crippen LogP contribution in [0.2, 0.25) is 0 Å². The molecule has 0 bridgehead atoms. The van der Waals surface area contributed by atoms with Crippen LogP contribution in [-0.2, 0) is 11.2 Å². The molecular weight excluding hydrogens is 347 g/mol. The van der Waals surface area contributed by atoms with E-state index in [1.807, 2.05) is 31.2 Å². The molecule has 0 aliphatic heterocycles. The number of anilines is 1. The molecule has 2 aromatic carbocycles. The van der Waals surface area contributed by atoms with E-state index in [1.165, 1.54) is 6.07 Å². The molecule has 1 unspecified atom stereocenters. The first-order valence-corrected chi connectivity index (χ1v) is 8.62. The fraction of sp³-hybridized carbons (Fsp3) is 0.250. The molecule has 27 heavy (non-hydrogen) atoms. The van der Waals surface area contributed by atoms with Crippen molar-refractivity contribution in [1.29, 1.82) is 0 Å². The molecular formula is C20H21FN4O2. The summed E-state index contributed by atoms with van der Waals surface area (Å²) in [5.74, 6) is 0.413. The van der Waals surface area contributed by atoms with Gasteiger partial charge in [0.05, 0.1) is 6.42 Å². The molecule has 3 aromatic rings. The first kappa shape index (κ1) is 18.6. The van der Waals surface area contributed by atoms with Gasteiger partial charge in [0.2, 0.25) is 17.6 Å². The Morgan fingerprint density at radius 1 is 1.22 bits per heavy atom. The number of nitrogens with one attached hydrogen (secondary N) is 2. The second-order valence-electron chi connectivity index (χ2n) is 6.33. The summed E-state index contributed by atoms with van der Waals surface area (Å²) >= 11 is 0. The molecule has 1 atom stereocenters. The van der Waals surface area contributed by atoms with Gasteiger partial charge in [0, 0.05) is 18.3 Å². The number of hydrogen-bond acceptors (Lipinski definition) is 5. The largest absolute Gasteiger partial charge is 0.374 e. The Balaban J connectivity index is 1.68. The molecule has 3 rings (SSSR count). The van der Waals surface area contributed by atoms with Gasteiger partial charge >= 0.3 is 0 Å². The van der Waals surface area contributed by atoms with E-state index < -0.39 is 0 Å². The van der Waals surface area contributed by atoms with Crippen LogP contribution in [0.4, 0.5) is 10.1 Å². The molecule has 0 radical (unpaired) electrons. The number of benzene rings is 2. The summed E-state index contributed by atoms with van der Waals surface area (Å²) in [4.78, 5) is 15.8. The van der Waals surface area contributed by atoms with E-state index in [4.69, 9.17) is 4.52 Å². The predicted molar refractivity (Wildman–Crippen MR) is 101 cm³/mol. The number of nitrogens with zero attached hydrogens (tertiary/aromatic N) is 2. The van der Waals surface area contributed by atoms with E-state index in [2.05, 4.69) is 20.8 Å². The summed E-state index contributed by atoms with van der Waals surface area (Å²) in [6.07, 6.45) is 0.340. The SMILES string of the molecule is CNC(=O)Cc1ccc(NC(C)c2nc(-c3ccc(C)c(F)c3)no2)cc1. The zero-order valence-electron chi connectivity index (χ0n) is 15.4. The molecule has 1 aromatic heterocycles. The van der Waals surface area contributed by atoms with Gasteiger partial charge in [0.1, 0.15) is 11.9 Å². The van der Waals surface area contributed by atoms with Gasteiger partial charge < -0.3 is 15.2 Å². The molecule has 0 saturated heterocycles. The summed E-state index contributed by atoms with van der Waals surface area (Å²) in [5.41, 5.74) is 2.93. The highest BCUT2D eigenvalue weighted by Crippen LogP contribution is 2.23. The van der Waals surface area contributed by atoms with Crippen molar-refractivity contribution in [1.82, 2.24) is 15.5 Å². The summed E-state index contributed by atoms with van der Waals surface area (Å²) in [5, 5.41) is 9.80. The van der Waals surface area contributed by atoms with Crippen LogP contribution in [-0.4, -0.2) is 23.1 Å². The third-order valence-corrected chi connectivity index (χ3v) is 4.22. The van der Waals surface area contributed by atoms with Gasteiger partial charge in [0.15, 0.2) is 0 Å². The smallest absolute Gasteiger partial charge is 0.249 e. The number of aromatic nitrogens is 2. The molecule has 2 N–H and O–H groups in total. The monoisotopic (exact) mass is 368 g/mol. The maximum absolute atomic E-state index is 13.7. The van der Waals surface area contributed by atoms with Crippen LogP contribution < -0.4 is 10.6 Å². The van der Waals surface area contributed by atoms with Gasteiger partial charge in [-0.05, 0) is 43.2 Å². The maximum Gasteiger partial charge on any atom is 0.249 e. The number of aryl methyl sites for hydroxylation is 1.